The van der Waals surface area contributed by atoms with Crippen LogP contribution < -0.4 is 10.0 Å². The predicted octanol–water partition coefficient (Wildman–Crippen LogP) is 5.76. The predicted molar refractivity (Wildman–Crippen MR) is 128 cm³/mol. The van der Waals surface area contributed by atoms with Gasteiger partial charge in [-0.25, -0.2) is 13.8 Å². The molecule has 2 N–H and O–H groups in total. The Kier molecular flexibility index (Phi) is 6.77. The Balaban J connectivity index is 1.63. The molecule has 1 heterocycles. The SMILES string of the molecule is CC(c1ccccc1F)c1c(F)ccc2c1NC(=NCc1ccccc1CN(C)C)NS2. The van der Waals surface area contributed by atoms with Crippen LogP contribution in [0.4, 0.5) is 14.5 Å². The van der Waals surface area contributed by atoms with Gasteiger partial charge < -0.3 is 10.2 Å². The van der Waals surface area contributed by atoms with Crippen molar-refractivity contribution in [1.29, 1.82) is 0 Å². The molecule has 0 saturated carbocycles. The van der Waals surface area contributed by atoms with E-state index in [9.17, 15) is 8.78 Å². The van der Waals surface area contributed by atoms with Crippen LogP contribution in [-0.4, -0.2) is 25.0 Å². The summed E-state index contributed by atoms with van der Waals surface area (Å²) in [4.78, 5) is 7.66. The largest absolute Gasteiger partial charge is 0.324 e. The fraction of sp³-hybridized carbons (Fsp3) is 0.240. The lowest BCUT2D eigenvalue weighted by molar-refractivity contribution is 0.401. The number of nitrogens with one attached hydrogen (secondary N) is 2. The molecule has 166 valence electrons. The maximum atomic E-state index is 15.0. The van der Waals surface area contributed by atoms with E-state index in [1.807, 2.05) is 33.2 Å². The number of rotatable bonds is 6. The maximum Gasteiger partial charge on any atom is 0.206 e. The van der Waals surface area contributed by atoms with Gasteiger partial charge >= 0.3 is 0 Å². The number of guanidine groups is 1. The van der Waals surface area contributed by atoms with Gasteiger partial charge in [-0.1, -0.05) is 49.4 Å². The molecule has 3 aromatic rings. The van der Waals surface area contributed by atoms with Crippen molar-refractivity contribution in [1.82, 2.24) is 9.62 Å². The highest BCUT2D eigenvalue weighted by molar-refractivity contribution is 7.98. The van der Waals surface area contributed by atoms with E-state index in [2.05, 4.69) is 27.1 Å². The zero-order valence-electron chi connectivity index (χ0n) is 18.3. The minimum absolute atomic E-state index is 0.343. The highest BCUT2D eigenvalue weighted by atomic mass is 32.2. The summed E-state index contributed by atoms with van der Waals surface area (Å²) in [5.74, 6) is -0.621. The molecule has 3 aromatic carbocycles. The van der Waals surface area contributed by atoms with Crippen molar-refractivity contribution in [3.05, 3.63) is 94.6 Å². The van der Waals surface area contributed by atoms with Gasteiger partial charge in [-0.2, -0.15) is 0 Å². The molecule has 0 radical (unpaired) electrons. The molecule has 7 heteroatoms. The van der Waals surface area contributed by atoms with Gasteiger partial charge in [-0.3, -0.25) is 4.72 Å². The molecule has 32 heavy (non-hydrogen) atoms. The lowest BCUT2D eigenvalue weighted by Gasteiger charge is -2.26. The van der Waals surface area contributed by atoms with Crippen molar-refractivity contribution >= 4 is 23.6 Å². The number of halogens is 2. The Labute approximate surface area is 191 Å². The Morgan fingerprint density at radius 1 is 0.938 bits per heavy atom. The van der Waals surface area contributed by atoms with Gasteiger partial charge in [0, 0.05) is 18.0 Å². The zero-order chi connectivity index (χ0) is 22.7. The maximum absolute atomic E-state index is 15.0. The monoisotopic (exact) mass is 452 g/mol. The third kappa shape index (κ3) is 4.79. The van der Waals surface area contributed by atoms with Crippen LogP contribution in [0.2, 0.25) is 0 Å². The number of hydrogen-bond acceptors (Lipinski definition) is 3. The van der Waals surface area contributed by atoms with Gasteiger partial charge in [0.2, 0.25) is 5.96 Å². The normalized spacial score (nSPS) is 15.2. The van der Waals surface area contributed by atoms with Crippen LogP contribution in [0.15, 0.2) is 70.6 Å². The third-order valence-electron chi connectivity index (χ3n) is 5.47. The molecular weight excluding hydrogens is 426 g/mol. The summed E-state index contributed by atoms with van der Waals surface area (Å²) in [7, 11) is 4.07. The first-order valence-electron chi connectivity index (χ1n) is 10.5. The van der Waals surface area contributed by atoms with Gasteiger partial charge in [-0.15, -0.1) is 0 Å². The first-order chi connectivity index (χ1) is 15.4. The smallest absolute Gasteiger partial charge is 0.206 e. The highest BCUT2D eigenvalue weighted by Crippen LogP contribution is 2.40. The van der Waals surface area contributed by atoms with E-state index in [1.54, 1.807) is 24.3 Å². The molecule has 0 aliphatic carbocycles. The Hall–Kier alpha value is -2.90. The van der Waals surface area contributed by atoms with Crippen molar-refractivity contribution < 1.29 is 8.78 Å². The second-order valence-electron chi connectivity index (χ2n) is 8.08. The minimum atomic E-state index is -0.459. The van der Waals surface area contributed by atoms with Crippen molar-refractivity contribution in [3.8, 4) is 0 Å². The molecule has 4 nitrogen and oxygen atoms in total. The topological polar surface area (TPSA) is 39.7 Å². The van der Waals surface area contributed by atoms with E-state index in [1.165, 1.54) is 29.6 Å². The standard InChI is InChI=1S/C25H26F2N4S/c1-16(19-10-6-7-11-20(19)26)23-21(27)12-13-22-24(23)29-25(30-32-22)28-14-17-8-4-5-9-18(17)15-31(2)3/h4-13,16H,14-15H2,1-3H3,(H2,28,29,30). The molecule has 1 unspecified atom stereocenters. The molecule has 0 fully saturated rings. The molecule has 4 rings (SSSR count). The van der Waals surface area contributed by atoms with Gasteiger partial charge in [0.05, 0.1) is 17.1 Å². The number of anilines is 1. The summed E-state index contributed by atoms with van der Waals surface area (Å²) in [6, 6.07) is 17.9. The number of aliphatic imine (C=N–C) groups is 1. The summed E-state index contributed by atoms with van der Waals surface area (Å²) in [5.41, 5.74) is 3.87. The van der Waals surface area contributed by atoms with Crippen LogP contribution in [-0.2, 0) is 13.1 Å². The zero-order valence-corrected chi connectivity index (χ0v) is 19.1. The van der Waals surface area contributed by atoms with Gasteiger partial charge in [-0.05, 0) is 60.9 Å². The summed E-state index contributed by atoms with van der Waals surface area (Å²) in [6.45, 7) is 3.14. The molecule has 0 amide bonds. The Morgan fingerprint density at radius 3 is 2.41 bits per heavy atom. The number of benzene rings is 3. The third-order valence-corrected chi connectivity index (χ3v) is 6.33. The van der Waals surface area contributed by atoms with E-state index in [0.717, 1.165) is 17.0 Å². The van der Waals surface area contributed by atoms with Crippen molar-refractivity contribution in [2.75, 3.05) is 19.4 Å². The second kappa shape index (κ2) is 9.71. The van der Waals surface area contributed by atoms with Crippen LogP contribution in [0, 0.1) is 11.6 Å². The summed E-state index contributed by atoms with van der Waals surface area (Å²) in [6.07, 6.45) is 0. The summed E-state index contributed by atoms with van der Waals surface area (Å²) >= 11 is 1.37. The Bertz CT molecular complexity index is 1150. The molecule has 0 spiro atoms. The van der Waals surface area contributed by atoms with E-state index >= 15 is 0 Å². The van der Waals surface area contributed by atoms with Gasteiger partial charge in [0.1, 0.15) is 11.6 Å². The number of hydrogen-bond donors (Lipinski definition) is 2. The minimum Gasteiger partial charge on any atom is -0.324 e. The fourth-order valence-electron chi connectivity index (χ4n) is 3.88. The van der Waals surface area contributed by atoms with Crippen LogP contribution in [0.1, 0.15) is 35.1 Å². The van der Waals surface area contributed by atoms with Crippen molar-refractivity contribution in [2.45, 2.75) is 30.8 Å². The molecule has 0 aromatic heterocycles. The molecule has 0 saturated heterocycles. The molecule has 1 atom stereocenters. The second-order valence-corrected chi connectivity index (χ2v) is 8.93. The fourth-order valence-corrected chi connectivity index (χ4v) is 4.60. The first-order valence-corrected chi connectivity index (χ1v) is 11.3. The molecule has 1 aliphatic heterocycles. The van der Waals surface area contributed by atoms with Crippen LogP contribution in [0.25, 0.3) is 0 Å². The van der Waals surface area contributed by atoms with Crippen molar-refractivity contribution in [2.24, 2.45) is 4.99 Å². The first kappa shape index (κ1) is 22.3. The number of nitrogens with zero attached hydrogens (tertiary/aromatic N) is 2. The van der Waals surface area contributed by atoms with Crippen molar-refractivity contribution in [3.63, 3.8) is 0 Å². The molecule has 1 aliphatic rings. The van der Waals surface area contributed by atoms with Crippen LogP contribution in [0.3, 0.4) is 0 Å². The highest BCUT2D eigenvalue weighted by Gasteiger charge is 2.26. The summed E-state index contributed by atoms with van der Waals surface area (Å²) < 4.78 is 32.6. The number of fused-ring (bicyclic) bond motifs is 1. The lowest BCUT2D eigenvalue weighted by atomic mass is 9.91. The molecule has 0 bridgehead atoms. The summed E-state index contributed by atoms with van der Waals surface area (Å²) in [5, 5.41) is 3.25. The molecular formula is C25H26F2N4S. The van der Waals surface area contributed by atoms with Crippen LogP contribution in [0.5, 0.6) is 0 Å². The van der Waals surface area contributed by atoms with E-state index in [4.69, 9.17) is 4.99 Å². The lowest BCUT2D eigenvalue weighted by Crippen LogP contribution is -2.30. The van der Waals surface area contributed by atoms with Crippen LogP contribution >= 0.6 is 11.9 Å². The quantitative estimate of drug-likeness (QED) is 0.467. The van der Waals surface area contributed by atoms with Gasteiger partial charge in [0.15, 0.2) is 0 Å². The van der Waals surface area contributed by atoms with E-state index in [-0.39, 0.29) is 11.6 Å². The van der Waals surface area contributed by atoms with E-state index in [0.29, 0.717) is 29.3 Å². The average molecular weight is 453 g/mol. The Morgan fingerprint density at radius 2 is 1.66 bits per heavy atom. The van der Waals surface area contributed by atoms with Gasteiger partial charge in [0.25, 0.3) is 0 Å². The van der Waals surface area contributed by atoms with E-state index < -0.39 is 5.92 Å². The average Bonchev–Trinajstić information content (AvgIpc) is 2.78.